The number of likely N-dealkylation sites (N-methyl/N-ethyl adjacent to an activating group) is 1. The van der Waals surface area contributed by atoms with Gasteiger partial charge in [0.1, 0.15) is 0 Å². The third-order valence-electron chi connectivity index (χ3n) is 5.35. The lowest BCUT2D eigenvalue weighted by molar-refractivity contribution is 0.0963. The topological polar surface area (TPSA) is 47.4 Å². The highest BCUT2D eigenvalue weighted by atomic mass is 35.5. The van der Waals surface area contributed by atoms with E-state index in [1.807, 2.05) is 12.1 Å². The second-order valence-corrected chi connectivity index (χ2v) is 8.23. The number of carbonyl (C=O) groups is 1. The molecule has 0 radical (unpaired) electrons. The number of rotatable bonds is 6. The largest absolute Gasteiger partial charge is 0.434 e. The molecule has 7 heteroatoms. The number of nitrogens with zero attached hydrogens (tertiary/aromatic N) is 3. The van der Waals surface area contributed by atoms with Crippen LogP contribution in [0.25, 0.3) is 0 Å². The fourth-order valence-electron chi connectivity index (χ4n) is 3.32. The molecule has 1 amide bonds. The van der Waals surface area contributed by atoms with Crippen molar-refractivity contribution in [2.24, 2.45) is 0 Å². The normalized spacial score (nSPS) is 11.9. The number of hydrogen-bond donors (Lipinski definition) is 0. The first kappa shape index (κ1) is 22.2. The highest BCUT2D eigenvalue weighted by Crippen LogP contribution is 2.27. The molecule has 158 valence electrons. The Morgan fingerprint density at radius 1 is 1.23 bits per heavy atom. The Bertz CT molecular complexity index is 1050. The minimum atomic E-state index is -0.465. The van der Waals surface area contributed by atoms with Gasteiger partial charge < -0.3 is 9.74 Å². The summed E-state index contributed by atoms with van der Waals surface area (Å²) in [7, 11) is 1.69. The van der Waals surface area contributed by atoms with Crippen molar-refractivity contribution in [1.29, 1.82) is 0 Å². The molecule has 5 nitrogen and oxygen atoms in total. The van der Waals surface area contributed by atoms with Gasteiger partial charge in [0, 0.05) is 35.8 Å². The van der Waals surface area contributed by atoms with Gasteiger partial charge in [-0.1, -0.05) is 54.4 Å². The van der Waals surface area contributed by atoms with Gasteiger partial charge in [-0.3, -0.25) is 0 Å². The fraction of sp³-hybridized carbons (Fsp3) is 0.304. The number of aromatic nitrogens is 2. The smallest absolute Gasteiger partial charge is 0.316 e. The highest BCUT2D eigenvalue weighted by Gasteiger charge is 2.20. The number of aryl methyl sites for hydroxylation is 1. The van der Waals surface area contributed by atoms with Crippen LogP contribution in [0.5, 0.6) is 0 Å². The van der Waals surface area contributed by atoms with Crippen LogP contribution in [0.4, 0.5) is 4.79 Å². The van der Waals surface area contributed by atoms with Crippen molar-refractivity contribution in [2.45, 2.75) is 33.1 Å². The first-order chi connectivity index (χ1) is 14.3. The first-order valence-electron chi connectivity index (χ1n) is 9.74. The minimum Gasteiger partial charge on any atom is -0.316 e. The van der Waals surface area contributed by atoms with Gasteiger partial charge in [-0.15, -0.1) is 0 Å². The van der Waals surface area contributed by atoms with Gasteiger partial charge >= 0.3 is 6.09 Å². The van der Waals surface area contributed by atoms with Crippen molar-refractivity contribution < 1.29 is 9.63 Å². The zero-order chi connectivity index (χ0) is 21.8. The molecule has 0 aliphatic rings. The molecule has 0 aliphatic carbocycles. The van der Waals surface area contributed by atoms with E-state index in [1.165, 1.54) is 20.8 Å². The van der Waals surface area contributed by atoms with Crippen LogP contribution in [-0.2, 0) is 6.42 Å². The van der Waals surface area contributed by atoms with E-state index in [-0.39, 0.29) is 5.92 Å². The summed E-state index contributed by atoms with van der Waals surface area (Å²) in [6.07, 6.45) is 3.42. The van der Waals surface area contributed by atoms with Gasteiger partial charge in [-0.2, -0.15) is 4.73 Å². The predicted molar refractivity (Wildman–Crippen MR) is 120 cm³/mol. The molecule has 1 heterocycles. The molecular formula is C23H25Cl2N3O2. The van der Waals surface area contributed by atoms with Gasteiger partial charge in [-0.25, -0.2) is 9.78 Å². The average Bonchev–Trinajstić information content (AvgIpc) is 3.16. The Kier molecular flexibility index (Phi) is 7.06. The second-order valence-electron chi connectivity index (χ2n) is 7.39. The Balaban J connectivity index is 1.67. The van der Waals surface area contributed by atoms with Crippen LogP contribution in [0.3, 0.4) is 0 Å². The maximum Gasteiger partial charge on any atom is 0.434 e. The Morgan fingerprint density at radius 3 is 2.73 bits per heavy atom. The van der Waals surface area contributed by atoms with E-state index in [1.54, 1.807) is 31.6 Å². The van der Waals surface area contributed by atoms with Crippen molar-refractivity contribution in [2.75, 3.05) is 13.6 Å². The van der Waals surface area contributed by atoms with Gasteiger partial charge in [-0.05, 0) is 54.7 Å². The molecule has 0 bridgehead atoms. The van der Waals surface area contributed by atoms with E-state index < -0.39 is 6.09 Å². The van der Waals surface area contributed by atoms with Gasteiger partial charge in [0.15, 0.2) is 5.82 Å². The molecule has 3 rings (SSSR count). The van der Waals surface area contributed by atoms with Crippen LogP contribution >= 0.6 is 23.2 Å². The van der Waals surface area contributed by atoms with E-state index >= 15 is 0 Å². The molecule has 3 aromatic rings. The zero-order valence-electron chi connectivity index (χ0n) is 17.5. The van der Waals surface area contributed by atoms with Gasteiger partial charge in [0.05, 0.1) is 6.20 Å². The molecule has 0 saturated heterocycles. The van der Waals surface area contributed by atoms with E-state index in [9.17, 15) is 4.79 Å². The summed E-state index contributed by atoms with van der Waals surface area (Å²) in [6.45, 7) is 6.69. The molecule has 0 fully saturated rings. The molecule has 1 atom stereocenters. The standard InChI is InChI=1S/C23H25Cl2N3O2/c1-15-6-5-7-20(16(15)2)17(3)22-26-11-13-28(22)30-23(29)27(4)12-10-18-8-9-19(24)14-21(18)25/h5-9,11,13-14,17H,10,12H2,1-4H3. The molecular weight excluding hydrogens is 421 g/mol. The lowest BCUT2D eigenvalue weighted by atomic mass is 9.93. The molecule has 0 spiro atoms. The van der Waals surface area contributed by atoms with Crippen molar-refractivity contribution in [3.63, 3.8) is 0 Å². The van der Waals surface area contributed by atoms with E-state index in [2.05, 4.69) is 37.9 Å². The highest BCUT2D eigenvalue weighted by molar-refractivity contribution is 6.35. The number of amides is 1. The first-order valence-corrected chi connectivity index (χ1v) is 10.5. The van der Waals surface area contributed by atoms with Crippen molar-refractivity contribution >= 4 is 29.3 Å². The van der Waals surface area contributed by atoms with Crippen molar-refractivity contribution in [1.82, 2.24) is 14.6 Å². The van der Waals surface area contributed by atoms with E-state index in [0.29, 0.717) is 28.8 Å². The number of hydrogen-bond acceptors (Lipinski definition) is 3. The van der Waals surface area contributed by atoms with E-state index in [0.717, 1.165) is 11.1 Å². The molecule has 0 N–H and O–H groups in total. The van der Waals surface area contributed by atoms with Gasteiger partial charge in [0.25, 0.3) is 0 Å². The summed E-state index contributed by atoms with van der Waals surface area (Å²) >= 11 is 12.1. The summed E-state index contributed by atoms with van der Waals surface area (Å²) in [6, 6.07) is 11.5. The summed E-state index contributed by atoms with van der Waals surface area (Å²) in [5.74, 6) is 0.650. The number of carbonyl (C=O) groups excluding carboxylic acids is 1. The number of imidazole rings is 1. The molecule has 1 aromatic heterocycles. The summed E-state index contributed by atoms with van der Waals surface area (Å²) in [5, 5.41) is 1.17. The Hall–Kier alpha value is -2.50. The fourth-order valence-corrected chi connectivity index (χ4v) is 3.83. The lowest BCUT2D eigenvalue weighted by Crippen LogP contribution is -2.36. The Labute approximate surface area is 187 Å². The summed E-state index contributed by atoms with van der Waals surface area (Å²) < 4.78 is 1.44. The molecule has 1 unspecified atom stereocenters. The molecule has 0 saturated carbocycles. The Morgan fingerprint density at radius 2 is 2.00 bits per heavy atom. The zero-order valence-corrected chi connectivity index (χ0v) is 19.0. The average molecular weight is 446 g/mol. The predicted octanol–water partition coefficient (Wildman–Crippen LogP) is 5.68. The summed E-state index contributed by atoms with van der Waals surface area (Å²) in [5.41, 5.74) is 4.51. The van der Waals surface area contributed by atoms with Gasteiger partial charge in [0.2, 0.25) is 0 Å². The van der Waals surface area contributed by atoms with E-state index in [4.69, 9.17) is 28.0 Å². The van der Waals surface area contributed by atoms with Crippen molar-refractivity contribution in [3.05, 3.63) is 86.9 Å². The quantitative estimate of drug-likeness (QED) is 0.489. The van der Waals surface area contributed by atoms with Crippen molar-refractivity contribution in [3.8, 4) is 0 Å². The van der Waals surface area contributed by atoms with Crippen LogP contribution in [0.1, 0.15) is 40.9 Å². The van der Waals surface area contributed by atoms with Crippen LogP contribution < -0.4 is 4.84 Å². The lowest BCUT2D eigenvalue weighted by Gasteiger charge is -2.20. The molecule has 30 heavy (non-hydrogen) atoms. The minimum absolute atomic E-state index is 0.0223. The molecule has 2 aromatic carbocycles. The maximum absolute atomic E-state index is 12.6. The second kappa shape index (κ2) is 9.54. The number of halogens is 2. The maximum atomic E-state index is 12.6. The number of benzene rings is 2. The summed E-state index contributed by atoms with van der Waals surface area (Å²) in [4.78, 5) is 24.1. The third kappa shape index (κ3) is 4.97. The monoisotopic (exact) mass is 445 g/mol. The van der Waals surface area contributed by atoms with Crippen LogP contribution in [0.15, 0.2) is 48.8 Å². The van der Waals surface area contributed by atoms with Crippen LogP contribution in [0.2, 0.25) is 10.0 Å². The van der Waals surface area contributed by atoms with Crippen LogP contribution in [-0.4, -0.2) is 34.3 Å². The SMILES string of the molecule is Cc1cccc(C(C)c2nccn2OC(=O)N(C)CCc2ccc(Cl)cc2Cl)c1C. The third-order valence-corrected chi connectivity index (χ3v) is 5.94. The molecule has 0 aliphatic heterocycles. The van der Waals surface area contributed by atoms with Crippen LogP contribution in [0, 0.1) is 13.8 Å².